The van der Waals surface area contributed by atoms with Gasteiger partial charge >= 0.3 is 0 Å². The van der Waals surface area contributed by atoms with Gasteiger partial charge in [0.1, 0.15) is 5.82 Å². The largest absolute Gasteiger partial charge is 0.381 e. The second-order valence-corrected chi connectivity index (χ2v) is 8.65. The van der Waals surface area contributed by atoms with Crippen LogP contribution in [0.15, 0.2) is 0 Å². The molecule has 2 unspecified atom stereocenters. The third kappa shape index (κ3) is 3.89. The van der Waals surface area contributed by atoms with Crippen LogP contribution in [0.3, 0.4) is 0 Å². The van der Waals surface area contributed by atoms with Gasteiger partial charge in [-0.3, -0.25) is 14.3 Å². The van der Waals surface area contributed by atoms with Gasteiger partial charge in [-0.05, 0) is 27.2 Å². The molecule has 1 aromatic rings. The SMILES string of the molecule is CCN1CC(c2nnc(N3CCN(C(C)C)CC3)n2CC2CCOC2)CC1=O. The number of anilines is 1. The van der Waals surface area contributed by atoms with Crippen molar-refractivity contribution in [3.8, 4) is 0 Å². The van der Waals surface area contributed by atoms with Gasteiger partial charge < -0.3 is 14.5 Å². The van der Waals surface area contributed by atoms with Crippen LogP contribution in [0.25, 0.3) is 0 Å². The number of likely N-dealkylation sites (N-methyl/N-ethyl adjacent to an activating group) is 1. The normalized spacial score (nSPS) is 26.8. The Hall–Kier alpha value is -1.67. The predicted octanol–water partition coefficient (Wildman–Crippen LogP) is 1.18. The van der Waals surface area contributed by atoms with Gasteiger partial charge in [-0.25, -0.2) is 0 Å². The first-order valence-corrected chi connectivity index (χ1v) is 10.8. The van der Waals surface area contributed by atoms with Crippen LogP contribution in [0.2, 0.25) is 0 Å². The quantitative estimate of drug-likeness (QED) is 0.727. The molecule has 8 nitrogen and oxygen atoms in total. The molecule has 3 fully saturated rings. The molecule has 3 aliphatic rings. The zero-order valence-corrected chi connectivity index (χ0v) is 17.5. The number of ether oxygens (including phenoxy) is 1. The number of amides is 1. The molecule has 2 atom stereocenters. The molecule has 156 valence electrons. The maximum absolute atomic E-state index is 12.3. The van der Waals surface area contributed by atoms with E-state index in [1.54, 1.807) is 0 Å². The highest BCUT2D eigenvalue weighted by Gasteiger charge is 2.35. The molecule has 0 aromatic carbocycles. The van der Waals surface area contributed by atoms with Crippen LogP contribution in [-0.2, 0) is 16.1 Å². The zero-order chi connectivity index (χ0) is 19.7. The van der Waals surface area contributed by atoms with Gasteiger partial charge in [0.2, 0.25) is 11.9 Å². The summed E-state index contributed by atoms with van der Waals surface area (Å²) in [6.07, 6.45) is 1.64. The molecule has 3 aliphatic heterocycles. The first kappa shape index (κ1) is 19.6. The second kappa shape index (κ2) is 8.37. The van der Waals surface area contributed by atoms with Gasteiger partial charge in [-0.15, -0.1) is 10.2 Å². The van der Waals surface area contributed by atoms with Crippen molar-refractivity contribution in [2.45, 2.75) is 52.1 Å². The Kier molecular flexibility index (Phi) is 5.87. The summed E-state index contributed by atoms with van der Waals surface area (Å²) in [6, 6.07) is 0.579. The van der Waals surface area contributed by atoms with Crippen molar-refractivity contribution in [2.75, 3.05) is 57.4 Å². The minimum absolute atomic E-state index is 0.146. The van der Waals surface area contributed by atoms with Crippen LogP contribution in [0.5, 0.6) is 0 Å². The summed E-state index contributed by atoms with van der Waals surface area (Å²) in [5.41, 5.74) is 0. The lowest BCUT2D eigenvalue weighted by atomic mass is 10.1. The Labute approximate surface area is 167 Å². The molecule has 4 rings (SSSR count). The third-order valence-corrected chi connectivity index (χ3v) is 6.51. The van der Waals surface area contributed by atoms with E-state index in [4.69, 9.17) is 4.74 Å². The van der Waals surface area contributed by atoms with Gasteiger partial charge in [0.15, 0.2) is 0 Å². The van der Waals surface area contributed by atoms with Crippen LogP contribution < -0.4 is 4.90 Å². The topological polar surface area (TPSA) is 66.7 Å². The zero-order valence-electron chi connectivity index (χ0n) is 17.5. The Bertz CT molecular complexity index is 676. The summed E-state index contributed by atoms with van der Waals surface area (Å²) < 4.78 is 7.92. The minimum Gasteiger partial charge on any atom is -0.381 e. The van der Waals surface area contributed by atoms with Crippen molar-refractivity contribution >= 4 is 11.9 Å². The van der Waals surface area contributed by atoms with Crippen molar-refractivity contribution < 1.29 is 9.53 Å². The van der Waals surface area contributed by atoms with E-state index in [9.17, 15) is 4.79 Å². The third-order valence-electron chi connectivity index (χ3n) is 6.51. The fraction of sp³-hybridized carbons (Fsp3) is 0.850. The smallest absolute Gasteiger partial charge is 0.227 e. The standard InChI is InChI=1S/C20H34N6O2/c1-4-23-13-17(11-18(23)27)19-21-22-20(26(19)12-16-5-10-28-14-16)25-8-6-24(7-9-25)15(2)3/h15-17H,4-14H2,1-3H3. The Morgan fingerprint density at radius 3 is 2.57 bits per heavy atom. The average molecular weight is 391 g/mol. The molecule has 8 heteroatoms. The molecule has 3 saturated heterocycles. The van der Waals surface area contributed by atoms with E-state index < -0.39 is 0 Å². The molecule has 0 spiro atoms. The lowest BCUT2D eigenvalue weighted by molar-refractivity contribution is -0.127. The first-order valence-electron chi connectivity index (χ1n) is 10.8. The van der Waals surface area contributed by atoms with Crippen molar-refractivity contribution in [1.29, 1.82) is 0 Å². The number of nitrogens with zero attached hydrogens (tertiary/aromatic N) is 6. The number of piperazine rings is 1. The van der Waals surface area contributed by atoms with Crippen molar-refractivity contribution in [2.24, 2.45) is 5.92 Å². The molecule has 28 heavy (non-hydrogen) atoms. The average Bonchev–Trinajstić information content (AvgIpc) is 3.42. The number of hydrogen-bond donors (Lipinski definition) is 0. The number of likely N-dealkylation sites (tertiary alicyclic amines) is 1. The van der Waals surface area contributed by atoms with E-state index in [0.29, 0.717) is 18.4 Å². The van der Waals surface area contributed by atoms with Crippen LogP contribution in [-0.4, -0.2) is 89.0 Å². The summed E-state index contributed by atoms with van der Waals surface area (Å²) in [7, 11) is 0. The molecule has 0 radical (unpaired) electrons. The molecule has 0 saturated carbocycles. The van der Waals surface area contributed by atoms with E-state index in [1.165, 1.54) is 0 Å². The number of aromatic nitrogens is 3. The number of hydrogen-bond acceptors (Lipinski definition) is 6. The second-order valence-electron chi connectivity index (χ2n) is 8.65. The van der Waals surface area contributed by atoms with Crippen LogP contribution in [0.1, 0.15) is 45.4 Å². The predicted molar refractivity (Wildman–Crippen MR) is 107 cm³/mol. The maximum Gasteiger partial charge on any atom is 0.227 e. The van der Waals surface area contributed by atoms with Gasteiger partial charge in [-0.1, -0.05) is 0 Å². The Balaban J connectivity index is 1.56. The molecule has 0 N–H and O–H groups in total. The Morgan fingerprint density at radius 2 is 1.96 bits per heavy atom. The minimum atomic E-state index is 0.146. The van der Waals surface area contributed by atoms with Crippen LogP contribution in [0, 0.1) is 5.92 Å². The van der Waals surface area contributed by atoms with Gasteiger partial charge in [-0.2, -0.15) is 0 Å². The van der Waals surface area contributed by atoms with E-state index in [1.807, 2.05) is 11.8 Å². The molecule has 0 bridgehead atoms. The van der Waals surface area contributed by atoms with E-state index in [0.717, 1.165) is 77.2 Å². The number of rotatable bonds is 6. The highest BCUT2D eigenvalue weighted by Crippen LogP contribution is 2.31. The lowest BCUT2D eigenvalue weighted by Crippen LogP contribution is -2.49. The highest BCUT2D eigenvalue weighted by atomic mass is 16.5. The highest BCUT2D eigenvalue weighted by molar-refractivity contribution is 5.79. The van der Waals surface area contributed by atoms with E-state index in [2.05, 4.69) is 38.4 Å². The summed E-state index contributed by atoms with van der Waals surface area (Å²) in [4.78, 5) is 19.1. The fourth-order valence-electron chi connectivity index (χ4n) is 4.69. The monoisotopic (exact) mass is 390 g/mol. The van der Waals surface area contributed by atoms with Crippen molar-refractivity contribution in [1.82, 2.24) is 24.6 Å². The summed E-state index contributed by atoms with van der Waals surface area (Å²) in [6.45, 7) is 14.7. The maximum atomic E-state index is 12.3. The van der Waals surface area contributed by atoms with Crippen LogP contribution in [0.4, 0.5) is 5.95 Å². The number of carbonyl (C=O) groups excluding carboxylic acids is 1. The lowest BCUT2D eigenvalue weighted by Gasteiger charge is -2.37. The van der Waals surface area contributed by atoms with Crippen molar-refractivity contribution in [3.05, 3.63) is 5.82 Å². The number of carbonyl (C=O) groups is 1. The molecular formula is C20H34N6O2. The van der Waals surface area contributed by atoms with Gasteiger partial charge in [0.25, 0.3) is 0 Å². The molecule has 0 aliphatic carbocycles. The van der Waals surface area contributed by atoms with E-state index >= 15 is 0 Å². The molecule has 4 heterocycles. The Morgan fingerprint density at radius 1 is 1.18 bits per heavy atom. The fourth-order valence-corrected chi connectivity index (χ4v) is 4.69. The summed E-state index contributed by atoms with van der Waals surface area (Å²) in [5, 5.41) is 9.23. The van der Waals surface area contributed by atoms with Crippen molar-refractivity contribution in [3.63, 3.8) is 0 Å². The molecule has 1 aromatic heterocycles. The van der Waals surface area contributed by atoms with E-state index in [-0.39, 0.29) is 11.8 Å². The summed E-state index contributed by atoms with van der Waals surface area (Å²) >= 11 is 0. The molecular weight excluding hydrogens is 356 g/mol. The van der Waals surface area contributed by atoms with Crippen LogP contribution >= 0.6 is 0 Å². The molecule has 1 amide bonds. The first-order chi connectivity index (χ1) is 13.6. The summed E-state index contributed by atoms with van der Waals surface area (Å²) in [5.74, 6) is 2.85. The van der Waals surface area contributed by atoms with Gasteiger partial charge in [0, 0.05) is 76.7 Å². The van der Waals surface area contributed by atoms with Gasteiger partial charge in [0.05, 0.1) is 6.61 Å².